The van der Waals surface area contributed by atoms with Gasteiger partial charge in [-0.3, -0.25) is 4.90 Å². The van der Waals surface area contributed by atoms with Gasteiger partial charge in [-0.1, -0.05) is 109 Å². The molecule has 2 heterocycles. The Balaban J connectivity index is 1.07. The SMILES string of the molecule is CC1=CCC(C2C[C@@H](C3=CCC4/C(C)=C5\C=CC=CC5C(C5=CCC(C6CCCCC6)CC5)CN(C5C=CCCC5)C4C3)CN2)CCC1. The molecular formula is C46H66N2. The van der Waals surface area contributed by atoms with E-state index in [0.717, 1.165) is 23.7 Å². The van der Waals surface area contributed by atoms with E-state index >= 15 is 0 Å². The van der Waals surface area contributed by atoms with Crippen molar-refractivity contribution >= 4 is 0 Å². The summed E-state index contributed by atoms with van der Waals surface area (Å²) in [7, 11) is 0. The first-order chi connectivity index (χ1) is 23.6. The van der Waals surface area contributed by atoms with Crippen LogP contribution in [-0.4, -0.2) is 36.1 Å². The van der Waals surface area contributed by atoms with Gasteiger partial charge in [0, 0.05) is 43.1 Å². The lowest BCUT2D eigenvalue weighted by Gasteiger charge is -2.50. The topological polar surface area (TPSA) is 15.3 Å². The predicted octanol–water partition coefficient (Wildman–Crippen LogP) is 11.2. The second-order valence-electron chi connectivity index (χ2n) is 17.6. The van der Waals surface area contributed by atoms with E-state index in [1.54, 1.807) is 22.3 Å². The van der Waals surface area contributed by atoms with Crippen molar-refractivity contribution < 1.29 is 0 Å². The van der Waals surface area contributed by atoms with Crippen LogP contribution in [-0.2, 0) is 0 Å². The summed E-state index contributed by atoms with van der Waals surface area (Å²) in [5.41, 5.74) is 8.60. The molecule has 6 aliphatic carbocycles. The van der Waals surface area contributed by atoms with Crippen LogP contribution >= 0.6 is 0 Å². The fraction of sp³-hybridized carbons (Fsp3) is 0.696. The zero-order valence-electron chi connectivity index (χ0n) is 30.6. The number of allylic oxidation sites excluding steroid dienone is 10. The molecule has 2 aliphatic heterocycles. The highest BCUT2D eigenvalue weighted by atomic mass is 15.2. The maximum Gasteiger partial charge on any atom is 0.0281 e. The molecule has 8 rings (SSSR count). The minimum atomic E-state index is 0.533. The van der Waals surface area contributed by atoms with Crippen molar-refractivity contribution in [3.8, 4) is 0 Å². The van der Waals surface area contributed by atoms with Crippen molar-refractivity contribution in [1.29, 1.82) is 0 Å². The number of nitrogens with zero attached hydrogens (tertiary/aromatic N) is 1. The minimum absolute atomic E-state index is 0.533. The molecule has 9 atom stereocenters. The summed E-state index contributed by atoms with van der Waals surface area (Å²) in [5.74, 6) is 5.26. The molecular weight excluding hydrogens is 581 g/mol. The molecule has 48 heavy (non-hydrogen) atoms. The standard InChI is InChI=1S/C46H66N2/c1-32-12-11-15-37(21-20-32)45-28-39(30-47-45)38-26-27-42-33(2)41-18-9-10-19-43(41)44(31-48(46(42)29-38)40-16-7-4-8-17-40)36-24-22-35(23-25-36)34-13-5-3-6-14-34/h7,9-10,16,18-20,24,26,34-35,37,39-40,42-47H,3-6,8,11-15,17,21-23,25,27-31H2,1-2H3/b41-33+/t35?,37?,39-,40?,42?,43?,44?,45?,46?/m1/s1. The normalized spacial score (nSPS) is 41.4. The van der Waals surface area contributed by atoms with Crippen LogP contribution in [0.4, 0.5) is 0 Å². The second-order valence-corrected chi connectivity index (χ2v) is 17.6. The average Bonchev–Trinajstić information content (AvgIpc) is 3.54. The van der Waals surface area contributed by atoms with Crippen molar-refractivity contribution in [2.24, 2.45) is 41.4 Å². The fourth-order valence-electron chi connectivity index (χ4n) is 12.1. The first-order valence-electron chi connectivity index (χ1n) is 20.9. The zero-order valence-corrected chi connectivity index (χ0v) is 30.6. The maximum atomic E-state index is 4.08. The Bertz CT molecular complexity index is 1360. The van der Waals surface area contributed by atoms with Gasteiger partial charge in [0.2, 0.25) is 0 Å². The van der Waals surface area contributed by atoms with Gasteiger partial charge in [0.15, 0.2) is 0 Å². The van der Waals surface area contributed by atoms with E-state index in [1.165, 1.54) is 129 Å². The van der Waals surface area contributed by atoms with E-state index < -0.39 is 0 Å². The highest BCUT2D eigenvalue weighted by Gasteiger charge is 2.44. The van der Waals surface area contributed by atoms with Crippen LogP contribution in [0.2, 0.25) is 0 Å². The van der Waals surface area contributed by atoms with Crippen LogP contribution in [0.5, 0.6) is 0 Å². The number of fused-ring (bicyclic) bond motifs is 2. The molecule has 0 aromatic carbocycles. The largest absolute Gasteiger partial charge is 0.313 e. The van der Waals surface area contributed by atoms with Gasteiger partial charge in [0.05, 0.1) is 0 Å². The summed E-state index contributed by atoms with van der Waals surface area (Å²) in [5, 5.41) is 4.08. The van der Waals surface area contributed by atoms with Crippen molar-refractivity contribution in [2.45, 2.75) is 148 Å². The molecule has 2 heteroatoms. The van der Waals surface area contributed by atoms with Gasteiger partial charge < -0.3 is 5.32 Å². The average molecular weight is 647 g/mol. The quantitative estimate of drug-likeness (QED) is 0.299. The lowest BCUT2D eigenvalue weighted by Crippen LogP contribution is -2.53. The molecule has 8 unspecified atom stereocenters. The Hall–Kier alpha value is -1.90. The van der Waals surface area contributed by atoms with Crippen LogP contribution in [0, 0.1) is 41.4 Å². The third kappa shape index (κ3) is 7.01. The predicted molar refractivity (Wildman–Crippen MR) is 204 cm³/mol. The monoisotopic (exact) mass is 647 g/mol. The minimum Gasteiger partial charge on any atom is -0.313 e. The first-order valence-corrected chi connectivity index (χ1v) is 20.9. The van der Waals surface area contributed by atoms with E-state index in [4.69, 9.17) is 0 Å². The van der Waals surface area contributed by atoms with Gasteiger partial charge in [0.1, 0.15) is 0 Å². The Kier molecular flexibility index (Phi) is 10.5. The molecule has 8 aliphatic rings. The molecule has 0 aromatic rings. The lowest BCUT2D eigenvalue weighted by atomic mass is 9.66. The van der Waals surface area contributed by atoms with Crippen LogP contribution in [0.3, 0.4) is 0 Å². The van der Waals surface area contributed by atoms with Crippen LogP contribution < -0.4 is 5.32 Å². The molecule has 0 aromatic heterocycles. The van der Waals surface area contributed by atoms with Crippen LogP contribution in [0.15, 0.2) is 82.5 Å². The fourth-order valence-corrected chi connectivity index (χ4v) is 12.1. The molecule has 0 bridgehead atoms. The van der Waals surface area contributed by atoms with Crippen molar-refractivity contribution in [3.05, 3.63) is 82.5 Å². The molecule has 1 N–H and O–H groups in total. The van der Waals surface area contributed by atoms with Gasteiger partial charge in [-0.2, -0.15) is 0 Å². The van der Waals surface area contributed by atoms with Gasteiger partial charge in [-0.05, 0) is 132 Å². The van der Waals surface area contributed by atoms with Gasteiger partial charge >= 0.3 is 0 Å². The molecule has 0 spiro atoms. The maximum absolute atomic E-state index is 4.08. The van der Waals surface area contributed by atoms with E-state index in [1.807, 2.05) is 5.57 Å². The first kappa shape index (κ1) is 33.3. The summed E-state index contributed by atoms with van der Waals surface area (Å²) in [6.45, 7) is 7.33. The smallest absolute Gasteiger partial charge is 0.0281 e. The molecule has 2 fully saturated rings. The Morgan fingerprint density at radius 2 is 1.58 bits per heavy atom. The van der Waals surface area contributed by atoms with Crippen molar-refractivity contribution in [1.82, 2.24) is 10.2 Å². The van der Waals surface area contributed by atoms with Crippen molar-refractivity contribution in [2.75, 3.05) is 13.1 Å². The second kappa shape index (κ2) is 15.1. The summed E-state index contributed by atoms with van der Waals surface area (Å²) >= 11 is 0. The summed E-state index contributed by atoms with van der Waals surface area (Å²) in [6, 6.07) is 1.92. The van der Waals surface area contributed by atoms with E-state index in [-0.39, 0.29) is 0 Å². The summed E-state index contributed by atoms with van der Waals surface area (Å²) in [6.07, 6.45) is 47.9. The lowest BCUT2D eigenvalue weighted by molar-refractivity contribution is 0.0815. The summed E-state index contributed by atoms with van der Waals surface area (Å²) < 4.78 is 0. The van der Waals surface area contributed by atoms with E-state index in [2.05, 4.69) is 78.7 Å². The number of rotatable bonds is 5. The zero-order chi connectivity index (χ0) is 32.5. The highest BCUT2D eigenvalue weighted by molar-refractivity contribution is 5.42. The molecule has 0 amide bonds. The molecule has 1 saturated carbocycles. The molecule has 260 valence electrons. The third-order valence-corrected chi connectivity index (χ3v) is 15.0. The molecule has 1 saturated heterocycles. The van der Waals surface area contributed by atoms with E-state index in [9.17, 15) is 0 Å². The molecule has 0 radical (unpaired) electrons. The molecule has 2 nitrogen and oxygen atoms in total. The van der Waals surface area contributed by atoms with Crippen LogP contribution in [0.25, 0.3) is 0 Å². The number of hydrogen-bond acceptors (Lipinski definition) is 2. The van der Waals surface area contributed by atoms with Gasteiger partial charge in [-0.15, -0.1) is 0 Å². The van der Waals surface area contributed by atoms with Crippen molar-refractivity contribution in [3.63, 3.8) is 0 Å². The van der Waals surface area contributed by atoms with E-state index in [0.29, 0.717) is 35.9 Å². The number of hydrogen-bond donors (Lipinski definition) is 1. The Morgan fingerprint density at radius 3 is 2.42 bits per heavy atom. The van der Waals surface area contributed by atoms with Crippen LogP contribution in [0.1, 0.15) is 129 Å². The van der Waals surface area contributed by atoms with Gasteiger partial charge in [0.25, 0.3) is 0 Å². The Morgan fingerprint density at radius 1 is 0.729 bits per heavy atom. The summed E-state index contributed by atoms with van der Waals surface area (Å²) in [4.78, 5) is 3.11. The number of nitrogens with one attached hydrogen (secondary N) is 1. The highest BCUT2D eigenvalue weighted by Crippen LogP contribution is 2.48. The van der Waals surface area contributed by atoms with Gasteiger partial charge in [-0.25, -0.2) is 0 Å². The third-order valence-electron chi connectivity index (χ3n) is 15.0. The Labute approximate surface area is 294 Å².